The number of alkyl halides is 3. The number of aromatic nitrogens is 1. The lowest BCUT2D eigenvalue weighted by Gasteiger charge is -2.22. The molecule has 3 rings (SSSR count). The van der Waals surface area contributed by atoms with Crippen LogP contribution in [0.15, 0.2) is 41.4 Å². The zero-order valence-electron chi connectivity index (χ0n) is 16.2. The number of anilines is 1. The average molecular weight is 425 g/mol. The van der Waals surface area contributed by atoms with E-state index in [2.05, 4.69) is 4.98 Å². The Hall–Kier alpha value is -2.52. The molecule has 0 radical (unpaired) electrons. The van der Waals surface area contributed by atoms with E-state index in [0.717, 1.165) is 11.1 Å². The summed E-state index contributed by atoms with van der Waals surface area (Å²) in [6, 6.07) is 6.03. The molecule has 0 spiro atoms. The number of nitrogen functional groups attached to an aromatic ring is 1. The second kappa shape index (κ2) is 7.38. The Labute approximate surface area is 167 Å². The number of sulfonamides is 1. The molecule has 0 saturated carbocycles. The van der Waals surface area contributed by atoms with Crippen molar-refractivity contribution in [2.24, 2.45) is 0 Å². The maximum atomic E-state index is 13.7. The lowest BCUT2D eigenvalue weighted by atomic mass is 10.0. The Bertz CT molecular complexity index is 1140. The largest absolute Gasteiger partial charge is 0.405 e. The quantitative estimate of drug-likeness (QED) is 0.537. The predicted molar refractivity (Wildman–Crippen MR) is 107 cm³/mol. The Morgan fingerprint density at radius 2 is 1.79 bits per heavy atom. The van der Waals surface area contributed by atoms with Crippen LogP contribution in [-0.2, 0) is 16.4 Å². The minimum Gasteiger partial charge on any atom is -0.398 e. The van der Waals surface area contributed by atoms with Gasteiger partial charge in [0, 0.05) is 17.1 Å². The van der Waals surface area contributed by atoms with Gasteiger partial charge in [0.05, 0.1) is 5.69 Å². The van der Waals surface area contributed by atoms with Crippen LogP contribution in [0, 0.1) is 20.8 Å². The van der Waals surface area contributed by atoms with Crippen LogP contribution in [0.5, 0.6) is 0 Å². The van der Waals surface area contributed by atoms with E-state index in [-0.39, 0.29) is 10.6 Å². The number of fused-ring (bicyclic) bond motifs is 1. The summed E-state index contributed by atoms with van der Waals surface area (Å²) in [5.41, 5.74) is 8.77. The minimum absolute atomic E-state index is 0.0847. The van der Waals surface area contributed by atoms with Gasteiger partial charge < -0.3 is 10.7 Å². The molecular weight excluding hydrogens is 403 g/mol. The van der Waals surface area contributed by atoms with Crippen molar-refractivity contribution < 1.29 is 21.6 Å². The number of benzene rings is 2. The fourth-order valence-corrected chi connectivity index (χ4v) is 5.08. The first-order valence-corrected chi connectivity index (χ1v) is 10.4. The molecule has 0 saturated heterocycles. The van der Waals surface area contributed by atoms with Crippen molar-refractivity contribution in [2.75, 3.05) is 5.73 Å². The molecule has 1 unspecified atom stereocenters. The molecule has 2 aromatic carbocycles. The maximum absolute atomic E-state index is 13.7. The van der Waals surface area contributed by atoms with Gasteiger partial charge in [-0.3, -0.25) is 0 Å². The van der Waals surface area contributed by atoms with Crippen LogP contribution in [0.25, 0.3) is 10.9 Å². The van der Waals surface area contributed by atoms with Crippen molar-refractivity contribution in [2.45, 2.75) is 44.3 Å². The molecule has 0 bridgehead atoms. The standard InChI is InChI=1S/C20H22F3N3O2S/c1-11-4-5-15-14(10-25-17(15)8-11)9-18(20(21,22)23)26-29(27,28)19-13(3)6-12(2)7-16(19)24/h4-8,10,18,25-26H,9,24H2,1-3H3. The molecule has 1 aromatic heterocycles. The van der Waals surface area contributed by atoms with Crippen molar-refractivity contribution in [1.29, 1.82) is 0 Å². The first-order chi connectivity index (χ1) is 13.4. The number of H-pyrrole nitrogens is 1. The van der Waals surface area contributed by atoms with Crippen LogP contribution < -0.4 is 10.5 Å². The molecule has 3 aromatic rings. The molecule has 0 aliphatic carbocycles. The van der Waals surface area contributed by atoms with E-state index >= 15 is 0 Å². The van der Waals surface area contributed by atoms with Crippen molar-refractivity contribution >= 4 is 26.6 Å². The fraction of sp³-hybridized carbons (Fsp3) is 0.300. The van der Waals surface area contributed by atoms with E-state index in [4.69, 9.17) is 5.73 Å². The zero-order chi connectivity index (χ0) is 21.6. The molecule has 0 aliphatic rings. The summed E-state index contributed by atoms with van der Waals surface area (Å²) < 4.78 is 68.5. The highest BCUT2D eigenvalue weighted by Gasteiger charge is 2.43. The average Bonchev–Trinajstić information content (AvgIpc) is 2.93. The Morgan fingerprint density at radius 3 is 2.41 bits per heavy atom. The third-order valence-corrected chi connectivity index (χ3v) is 6.45. The second-order valence-corrected chi connectivity index (χ2v) is 8.93. The molecule has 1 atom stereocenters. The number of rotatable bonds is 5. The molecule has 29 heavy (non-hydrogen) atoms. The molecule has 4 N–H and O–H groups in total. The van der Waals surface area contributed by atoms with Gasteiger partial charge in [-0.05, 0) is 61.6 Å². The number of hydrogen-bond acceptors (Lipinski definition) is 3. The Balaban J connectivity index is 1.98. The van der Waals surface area contributed by atoms with Gasteiger partial charge in [-0.25, -0.2) is 8.42 Å². The molecular formula is C20H22F3N3O2S. The van der Waals surface area contributed by atoms with E-state index in [1.165, 1.54) is 19.2 Å². The summed E-state index contributed by atoms with van der Waals surface area (Å²) in [6.45, 7) is 5.11. The van der Waals surface area contributed by atoms with E-state index in [1.807, 2.05) is 17.7 Å². The predicted octanol–water partition coefficient (Wildman–Crippen LogP) is 4.13. The summed E-state index contributed by atoms with van der Waals surface area (Å²) in [7, 11) is -4.49. The van der Waals surface area contributed by atoms with Crippen molar-refractivity contribution in [1.82, 2.24) is 9.71 Å². The molecule has 9 heteroatoms. The summed E-state index contributed by atoms with van der Waals surface area (Å²) in [5, 5.41) is 0.620. The Morgan fingerprint density at radius 1 is 1.10 bits per heavy atom. The van der Waals surface area contributed by atoms with Crippen LogP contribution in [0.3, 0.4) is 0 Å². The van der Waals surface area contributed by atoms with E-state index in [1.54, 1.807) is 25.1 Å². The zero-order valence-corrected chi connectivity index (χ0v) is 17.0. The summed E-state index contributed by atoms with van der Waals surface area (Å²) in [4.78, 5) is 2.61. The van der Waals surface area contributed by atoms with Gasteiger partial charge >= 0.3 is 6.18 Å². The fourth-order valence-electron chi connectivity index (χ4n) is 3.51. The van der Waals surface area contributed by atoms with Crippen molar-refractivity contribution in [3.8, 4) is 0 Å². The number of halogens is 3. The first kappa shape index (κ1) is 21.2. The molecule has 1 heterocycles. The van der Waals surface area contributed by atoms with Crippen LogP contribution in [0.1, 0.15) is 22.3 Å². The molecule has 0 fully saturated rings. The number of aryl methyl sites for hydroxylation is 3. The third-order valence-electron chi connectivity index (χ3n) is 4.76. The highest BCUT2D eigenvalue weighted by Crippen LogP contribution is 2.30. The van der Waals surface area contributed by atoms with Crippen LogP contribution in [-0.4, -0.2) is 25.6 Å². The van der Waals surface area contributed by atoms with Crippen molar-refractivity contribution in [3.63, 3.8) is 0 Å². The molecule has 156 valence electrons. The smallest absolute Gasteiger partial charge is 0.398 e. The summed E-state index contributed by atoms with van der Waals surface area (Å²) in [6.07, 6.45) is -3.85. The summed E-state index contributed by atoms with van der Waals surface area (Å²) in [5.74, 6) is 0. The lowest BCUT2D eigenvalue weighted by molar-refractivity contribution is -0.150. The van der Waals surface area contributed by atoms with Gasteiger partial charge in [0.1, 0.15) is 10.9 Å². The molecule has 0 amide bonds. The van der Waals surface area contributed by atoms with Gasteiger partial charge in [-0.2, -0.15) is 17.9 Å². The first-order valence-electron chi connectivity index (χ1n) is 8.91. The highest BCUT2D eigenvalue weighted by atomic mass is 32.2. The Kier molecular flexibility index (Phi) is 5.40. The topological polar surface area (TPSA) is 88.0 Å². The number of hydrogen-bond donors (Lipinski definition) is 3. The SMILES string of the molecule is Cc1cc(C)c(S(=O)(=O)NC(Cc2c[nH]c3cc(C)ccc23)C(F)(F)F)c(N)c1. The number of aromatic amines is 1. The molecule has 5 nitrogen and oxygen atoms in total. The van der Waals surface area contributed by atoms with Gasteiger partial charge in [0.2, 0.25) is 10.0 Å². The van der Waals surface area contributed by atoms with Gasteiger partial charge in [0.25, 0.3) is 0 Å². The van der Waals surface area contributed by atoms with Gasteiger partial charge in [-0.15, -0.1) is 0 Å². The number of nitrogens with one attached hydrogen (secondary N) is 2. The van der Waals surface area contributed by atoms with Crippen LogP contribution in [0.4, 0.5) is 18.9 Å². The minimum atomic E-state index is -4.78. The van der Waals surface area contributed by atoms with E-state index in [9.17, 15) is 21.6 Å². The number of nitrogens with two attached hydrogens (primary N) is 1. The van der Waals surface area contributed by atoms with E-state index < -0.39 is 28.7 Å². The second-order valence-electron chi connectivity index (χ2n) is 7.28. The van der Waals surface area contributed by atoms with Crippen molar-refractivity contribution in [3.05, 3.63) is 58.8 Å². The van der Waals surface area contributed by atoms with Crippen LogP contribution >= 0.6 is 0 Å². The third kappa shape index (κ3) is 4.40. The van der Waals surface area contributed by atoms with Gasteiger partial charge in [-0.1, -0.05) is 18.2 Å². The van der Waals surface area contributed by atoms with Crippen LogP contribution in [0.2, 0.25) is 0 Å². The molecule has 0 aliphatic heterocycles. The monoisotopic (exact) mass is 425 g/mol. The highest BCUT2D eigenvalue weighted by molar-refractivity contribution is 7.89. The lowest BCUT2D eigenvalue weighted by Crippen LogP contribution is -2.47. The maximum Gasteiger partial charge on any atom is 0.405 e. The van der Waals surface area contributed by atoms with E-state index in [0.29, 0.717) is 22.0 Å². The summed E-state index contributed by atoms with van der Waals surface area (Å²) >= 11 is 0. The van der Waals surface area contributed by atoms with Gasteiger partial charge in [0.15, 0.2) is 0 Å². The normalized spacial score (nSPS) is 13.7.